The van der Waals surface area contributed by atoms with Gasteiger partial charge in [-0.1, -0.05) is 30.3 Å². The SMILES string of the molecule is N#CN=C(N1CC(Oc2ccccc2)C1)N1CC(N2CCCC2O)C(c2ccc(C(F)(F)F)cc2)=N1. The van der Waals surface area contributed by atoms with Crippen LogP contribution in [0.4, 0.5) is 13.2 Å². The lowest BCUT2D eigenvalue weighted by atomic mass is 10.0. The van der Waals surface area contributed by atoms with Gasteiger partial charge in [-0.3, -0.25) is 4.90 Å². The van der Waals surface area contributed by atoms with Crippen molar-refractivity contribution < 1.29 is 23.0 Å². The van der Waals surface area contributed by atoms with Crippen LogP contribution in [-0.2, 0) is 6.18 Å². The van der Waals surface area contributed by atoms with Gasteiger partial charge < -0.3 is 14.7 Å². The minimum Gasteiger partial charge on any atom is -0.487 e. The van der Waals surface area contributed by atoms with E-state index in [4.69, 9.17) is 9.84 Å². The Labute approximate surface area is 206 Å². The molecule has 8 nitrogen and oxygen atoms in total. The van der Waals surface area contributed by atoms with Crippen LogP contribution in [0.1, 0.15) is 24.0 Å². The molecule has 0 aliphatic carbocycles. The number of ether oxygens (including phenoxy) is 1. The van der Waals surface area contributed by atoms with E-state index in [2.05, 4.69) is 4.99 Å². The van der Waals surface area contributed by atoms with Gasteiger partial charge in [-0.2, -0.15) is 23.5 Å². The average molecular weight is 499 g/mol. The van der Waals surface area contributed by atoms with Gasteiger partial charge in [-0.05, 0) is 42.7 Å². The predicted octanol–water partition coefficient (Wildman–Crippen LogP) is 3.11. The van der Waals surface area contributed by atoms with E-state index in [0.717, 1.165) is 24.3 Å². The summed E-state index contributed by atoms with van der Waals surface area (Å²) in [6.07, 6.45) is -1.92. The van der Waals surface area contributed by atoms with E-state index in [-0.39, 0.29) is 12.1 Å². The van der Waals surface area contributed by atoms with Crippen molar-refractivity contribution in [3.63, 3.8) is 0 Å². The fourth-order valence-corrected chi connectivity index (χ4v) is 4.79. The van der Waals surface area contributed by atoms with Crippen molar-refractivity contribution in [2.45, 2.75) is 37.4 Å². The van der Waals surface area contributed by atoms with Crippen LogP contribution in [0.15, 0.2) is 64.7 Å². The zero-order chi connectivity index (χ0) is 25.3. The summed E-state index contributed by atoms with van der Waals surface area (Å²) < 4.78 is 45.2. The van der Waals surface area contributed by atoms with Crippen LogP contribution in [0, 0.1) is 11.5 Å². The molecule has 2 saturated heterocycles. The molecule has 36 heavy (non-hydrogen) atoms. The number of halogens is 3. The molecule has 5 rings (SSSR count). The number of aliphatic hydroxyl groups is 1. The highest BCUT2D eigenvalue weighted by Crippen LogP contribution is 2.31. The van der Waals surface area contributed by atoms with Crippen LogP contribution in [0.5, 0.6) is 5.75 Å². The second-order valence-electron chi connectivity index (χ2n) is 8.99. The second kappa shape index (κ2) is 9.79. The summed E-state index contributed by atoms with van der Waals surface area (Å²) >= 11 is 0. The lowest BCUT2D eigenvalue weighted by Crippen LogP contribution is -2.59. The number of aliphatic hydroxyl groups excluding tert-OH is 1. The summed E-state index contributed by atoms with van der Waals surface area (Å²) in [5, 5.41) is 26.2. The van der Waals surface area contributed by atoms with Gasteiger partial charge in [0.2, 0.25) is 12.2 Å². The third kappa shape index (κ3) is 4.87. The third-order valence-corrected chi connectivity index (χ3v) is 6.62. The van der Waals surface area contributed by atoms with Crippen molar-refractivity contribution in [1.82, 2.24) is 14.8 Å². The van der Waals surface area contributed by atoms with E-state index in [0.29, 0.717) is 49.8 Å². The largest absolute Gasteiger partial charge is 0.487 e. The summed E-state index contributed by atoms with van der Waals surface area (Å²) in [5.41, 5.74) is 0.323. The number of aliphatic imine (C=N–C) groups is 1. The van der Waals surface area contributed by atoms with Crippen molar-refractivity contribution in [3.8, 4) is 11.9 Å². The molecule has 3 aliphatic heterocycles. The Bertz CT molecular complexity index is 1170. The zero-order valence-corrected chi connectivity index (χ0v) is 19.3. The summed E-state index contributed by atoms with van der Waals surface area (Å²) in [4.78, 5) is 7.79. The molecular formula is C25H25F3N6O2. The maximum atomic E-state index is 13.1. The van der Waals surface area contributed by atoms with Gasteiger partial charge in [-0.25, -0.2) is 5.01 Å². The van der Waals surface area contributed by atoms with E-state index in [1.807, 2.05) is 46.3 Å². The molecule has 1 N–H and O–H groups in total. The first-order valence-corrected chi connectivity index (χ1v) is 11.7. The number of hydrogen-bond donors (Lipinski definition) is 1. The molecule has 0 radical (unpaired) electrons. The summed E-state index contributed by atoms with van der Waals surface area (Å²) in [6.45, 7) is 1.97. The summed E-state index contributed by atoms with van der Waals surface area (Å²) in [7, 11) is 0. The van der Waals surface area contributed by atoms with Crippen LogP contribution in [-0.4, -0.2) is 76.1 Å². The number of alkyl halides is 3. The number of guanidine groups is 1. The molecule has 2 aromatic carbocycles. The molecule has 2 aromatic rings. The van der Waals surface area contributed by atoms with Crippen LogP contribution in [0.25, 0.3) is 0 Å². The molecule has 188 valence electrons. The molecule has 3 heterocycles. The van der Waals surface area contributed by atoms with Gasteiger partial charge in [-0.15, -0.1) is 4.99 Å². The van der Waals surface area contributed by atoms with E-state index in [1.54, 1.807) is 5.01 Å². The lowest BCUT2D eigenvalue weighted by Gasteiger charge is -2.42. The number of nitriles is 1. The van der Waals surface area contributed by atoms with Gasteiger partial charge in [0.15, 0.2) is 0 Å². The summed E-state index contributed by atoms with van der Waals surface area (Å²) in [5.74, 6) is 1.11. The van der Waals surface area contributed by atoms with Gasteiger partial charge in [0, 0.05) is 6.54 Å². The Morgan fingerprint density at radius 2 is 1.81 bits per heavy atom. The molecule has 0 saturated carbocycles. The van der Waals surface area contributed by atoms with Crippen LogP contribution >= 0.6 is 0 Å². The molecule has 3 aliphatic rings. The predicted molar refractivity (Wildman–Crippen MR) is 126 cm³/mol. The topological polar surface area (TPSA) is 87.7 Å². The van der Waals surface area contributed by atoms with E-state index >= 15 is 0 Å². The number of hydrogen-bond acceptors (Lipinski definition) is 6. The third-order valence-electron chi connectivity index (χ3n) is 6.62. The first-order valence-electron chi connectivity index (χ1n) is 11.7. The van der Waals surface area contributed by atoms with Crippen molar-refractivity contribution in [2.75, 3.05) is 26.2 Å². The number of hydrazone groups is 1. The minimum absolute atomic E-state index is 0.0755. The van der Waals surface area contributed by atoms with Crippen molar-refractivity contribution in [1.29, 1.82) is 5.26 Å². The highest BCUT2D eigenvalue weighted by atomic mass is 19.4. The van der Waals surface area contributed by atoms with Crippen molar-refractivity contribution in [2.24, 2.45) is 10.1 Å². The highest BCUT2D eigenvalue weighted by Gasteiger charge is 2.42. The zero-order valence-electron chi connectivity index (χ0n) is 19.3. The lowest BCUT2D eigenvalue weighted by molar-refractivity contribution is -0.137. The fourth-order valence-electron chi connectivity index (χ4n) is 4.79. The van der Waals surface area contributed by atoms with Crippen LogP contribution in [0.2, 0.25) is 0 Å². The van der Waals surface area contributed by atoms with Gasteiger partial charge in [0.25, 0.3) is 0 Å². The van der Waals surface area contributed by atoms with Gasteiger partial charge in [0.05, 0.1) is 37.0 Å². The Hall–Kier alpha value is -3.62. The Morgan fingerprint density at radius 3 is 2.42 bits per heavy atom. The first kappa shape index (κ1) is 24.1. The van der Waals surface area contributed by atoms with Crippen LogP contribution < -0.4 is 4.74 Å². The fraction of sp³-hybridized carbons (Fsp3) is 0.400. The maximum Gasteiger partial charge on any atom is 0.416 e. The standard InChI is InChI=1S/C25H25F3N6O2/c26-25(27,28)18-10-8-17(9-11-18)23-21(33-12-4-7-22(33)35)15-34(31-23)24(30-16-29)32-13-20(14-32)36-19-5-2-1-3-6-19/h1-3,5-6,8-11,20-22,35H,4,7,12-15H2. The second-order valence-corrected chi connectivity index (χ2v) is 8.99. The monoisotopic (exact) mass is 498 g/mol. The quantitative estimate of drug-likeness (QED) is 0.396. The molecule has 0 bridgehead atoms. The number of rotatable bonds is 4. The number of benzene rings is 2. The Kier molecular flexibility index (Phi) is 6.55. The normalized spacial score (nSPS) is 23.4. The molecule has 2 unspecified atom stereocenters. The van der Waals surface area contributed by atoms with Crippen molar-refractivity contribution >= 4 is 11.7 Å². The molecule has 11 heteroatoms. The minimum atomic E-state index is -4.44. The molecule has 0 amide bonds. The number of likely N-dealkylation sites (tertiary alicyclic amines) is 2. The molecule has 0 aromatic heterocycles. The number of para-hydroxylation sites is 1. The van der Waals surface area contributed by atoms with Gasteiger partial charge in [0.1, 0.15) is 18.1 Å². The Balaban J connectivity index is 1.37. The molecule has 2 atom stereocenters. The molecular weight excluding hydrogens is 473 g/mol. The summed E-state index contributed by atoms with van der Waals surface area (Å²) in [6, 6.07) is 13.9. The maximum absolute atomic E-state index is 13.1. The van der Waals surface area contributed by atoms with Crippen molar-refractivity contribution in [3.05, 3.63) is 65.7 Å². The van der Waals surface area contributed by atoms with E-state index in [9.17, 15) is 23.5 Å². The number of nitrogens with zero attached hydrogens (tertiary/aromatic N) is 6. The van der Waals surface area contributed by atoms with Crippen LogP contribution in [0.3, 0.4) is 0 Å². The Morgan fingerprint density at radius 1 is 1.08 bits per heavy atom. The van der Waals surface area contributed by atoms with Gasteiger partial charge >= 0.3 is 6.18 Å². The first-order chi connectivity index (χ1) is 17.3. The van der Waals surface area contributed by atoms with E-state index in [1.165, 1.54) is 12.1 Å². The smallest absolute Gasteiger partial charge is 0.416 e. The average Bonchev–Trinajstić information content (AvgIpc) is 3.46. The van der Waals surface area contributed by atoms with E-state index < -0.39 is 18.0 Å². The molecule has 0 spiro atoms. The molecule has 2 fully saturated rings. The highest BCUT2D eigenvalue weighted by molar-refractivity contribution is 6.06.